The largest absolute Gasteiger partial charge is 0.398 e. The minimum absolute atomic E-state index is 0.100. The van der Waals surface area contributed by atoms with Gasteiger partial charge in [0, 0.05) is 40.3 Å². The first kappa shape index (κ1) is 16.7. The molecule has 3 aromatic carbocycles. The van der Waals surface area contributed by atoms with Crippen molar-refractivity contribution in [3.63, 3.8) is 0 Å². The predicted octanol–water partition coefficient (Wildman–Crippen LogP) is 4.62. The Kier molecular flexibility index (Phi) is 4.45. The van der Waals surface area contributed by atoms with Gasteiger partial charge in [-0.15, -0.1) is 0 Å². The fourth-order valence-electron chi connectivity index (χ4n) is 2.89. The van der Waals surface area contributed by atoms with Crippen LogP contribution in [0.5, 0.6) is 0 Å². The Balaban J connectivity index is 1.68. The van der Waals surface area contributed by atoms with Gasteiger partial charge in [0.25, 0.3) is 0 Å². The van der Waals surface area contributed by atoms with E-state index in [1.807, 2.05) is 54.6 Å². The van der Waals surface area contributed by atoms with Crippen LogP contribution in [0, 0.1) is 0 Å². The van der Waals surface area contributed by atoms with Crippen molar-refractivity contribution in [1.82, 2.24) is 9.97 Å². The van der Waals surface area contributed by atoms with Crippen LogP contribution in [0.3, 0.4) is 0 Å². The van der Waals surface area contributed by atoms with Gasteiger partial charge in [0.2, 0.25) is 0 Å². The SMILES string of the molecule is Nc1ccc(-c2cnc(-c3ccccc3)nc2)cc1C(=O)c1ccccc1. The van der Waals surface area contributed by atoms with Gasteiger partial charge in [-0.1, -0.05) is 66.7 Å². The molecule has 0 amide bonds. The Bertz CT molecular complexity index is 1080. The lowest BCUT2D eigenvalue weighted by Crippen LogP contribution is -2.05. The van der Waals surface area contributed by atoms with Crippen LogP contribution in [-0.4, -0.2) is 15.8 Å². The fraction of sp³-hybridized carbons (Fsp3) is 0. The van der Waals surface area contributed by atoms with Crippen LogP contribution in [-0.2, 0) is 0 Å². The highest BCUT2D eigenvalue weighted by Gasteiger charge is 2.14. The van der Waals surface area contributed by atoms with Gasteiger partial charge < -0.3 is 5.73 Å². The molecular weight excluding hydrogens is 334 g/mol. The summed E-state index contributed by atoms with van der Waals surface area (Å²) in [5.41, 5.74) is 10.2. The van der Waals surface area contributed by atoms with Gasteiger partial charge in [-0.3, -0.25) is 4.79 Å². The first-order valence-electron chi connectivity index (χ1n) is 8.59. The molecule has 4 rings (SSSR count). The van der Waals surface area contributed by atoms with Crippen molar-refractivity contribution in [3.8, 4) is 22.5 Å². The smallest absolute Gasteiger partial charge is 0.195 e. The predicted molar refractivity (Wildman–Crippen MR) is 107 cm³/mol. The summed E-state index contributed by atoms with van der Waals surface area (Å²) in [6.45, 7) is 0. The van der Waals surface area contributed by atoms with Crippen molar-refractivity contribution < 1.29 is 4.79 Å². The van der Waals surface area contributed by atoms with Gasteiger partial charge in [-0.2, -0.15) is 0 Å². The highest BCUT2D eigenvalue weighted by Crippen LogP contribution is 2.26. The van der Waals surface area contributed by atoms with E-state index in [1.165, 1.54) is 0 Å². The molecule has 130 valence electrons. The Morgan fingerprint density at radius 3 is 2.00 bits per heavy atom. The van der Waals surface area contributed by atoms with Gasteiger partial charge in [-0.25, -0.2) is 9.97 Å². The first-order chi connectivity index (χ1) is 13.2. The van der Waals surface area contributed by atoms with Crippen LogP contribution in [0.25, 0.3) is 22.5 Å². The van der Waals surface area contributed by atoms with Gasteiger partial charge in [0.05, 0.1) is 0 Å². The van der Waals surface area contributed by atoms with Crippen LogP contribution < -0.4 is 5.73 Å². The van der Waals surface area contributed by atoms with Gasteiger partial charge in [-0.05, 0) is 17.7 Å². The van der Waals surface area contributed by atoms with E-state index in [4.69, 9.17) is 5.73 Å². The van der Waals surface area contributed by atoms with E-state index >= 15 is 0 Å². The number of nitrogen functional groups attached to an aromatic ring is 1. The molecule has 0 spiro atoms. The molecule has 0 bridgehead atoms. The normalized spacial score (nSPS) is 10.5. The molecule has 1 heterocycles. The number of hydrogen-bond donors (Lipinski definition) is 1. The molecule has 4 nitrogen and oxygen atoms in total. The van der Waals surface area contributed by atoms with Crippen LogP contribution in [0.15, 0.2) is 91.3 Å². The first-order valence-corrected chi connectivity index (χ1v) is 8.59. The number of ketones is 1. The molecule has 0 aliphatic heterocycles. The zero-order chi connectivity index (χ0) is 18.6. The quantitative estimate of drug-likeness (QED) is 0.430. The van der Waals surface area contributed by atoms with E-state index in [0.717, 1.165) is 16.7 Å². The highest BCUT2D eigenvalue weighted by molar-refractivity contribution is 6.12. The van der Waals surface area contributed by atoms with Crippen LogP contribution in [0.2, 0.25) is 0 Å². The second-order valence-corrected chi connectivity index (χ2v) is 6.16. The van der Waals surface area contributed by atoms with Gasteiger partial charge >= 0.3 is 0 Å². The van der Waals surface area contributed by atoms with Crippen molar-refractivity contribution in [2.45, 2.75) is 0 Å². The number of carbonyl (C=O) groups excluding carboxylic acids is 1. The molecule has 0 atom stereocenters. The number of anilines is 1. The maximum absolute atomic E-state index is 12.8. The monoisotopic (exact) mass is 351 g/mol. The molecule has 27 heavy (non-hydrogen) atoms. The molecule has 0 fully saturated rings. The molecule has 1 aromatic heterocycles. The molecule has 2 N–H and O–H groups in total. The third-order valence-corrected chi connectivity index (χ3v) is 4.35. The van der Waals surface area contributed by atoms with E-state index in [9.17, 15) is 4.79 Å². The van der Waals surface area contributed by atoms with Crippen LogP contribution in [0.4, 0.5) is 5.69 Å². The number of benzene rings is 3. The molecule has 0 unspecified atom stereocenters. The van der Waals surface area contributed by atoms with E-state index in [0.29, 0.717) is 22.6 Å². The summed E-state index contributed by atoms with van der Waals surface area (Å²) in [6.07, 6.45) is 3.52. The fourth-order valence-corrected chi connectivity index (χ4v) is 2.89. The number of carbonyl (C=O) groups is 1. The van der Waals surface area contributed by atoms with Crippen LogP contribution >= 0.6 is 0 Å². The Morgan fingerprint density at radius 2 is 1.33 bits per heavy atom. The Labute approximate surface area is 157 Å². The lowest BCUT2D eigenvalue weighted by molar-refractivity contribution is 0.103. The number of aromatic nitrogens is 2. The minimum atomic E-state index is -0.100. The molecule has 4 aromatic rings. The average molecular weight is 351 g/mol. The molecule has 0 aliphatic carbocycles. The second-order valence-electron chi connectivity index (χ2n) is 6.16. The minimum Gasteiger partial charge on any atom is -0.398 e. The summed E-state index contributed by atoms with van der Waals surface area (Å²) in [5.74, 6) is 0.562. The zero-order valence-corrected chi connectivity index (χ0v) is 14.5. The van der Waals surface area contributed by atoms with Crippen molar-refractivity contribution in [3.05, 3.63) is 102 Å². The number of nitrogens with zero attached hydrogens (tertiary/aromatic N) is 2. The molecule has 0 aliphatic rings. The van der Waals surface area contributed by atoms with E-state index in [2.05, 4.69) is 9.97 Å². The number of hydrogen-bond acceptors (Lipinski definition) is 4. The lowest BCUT2D eigenvalue weighted by atomic mass is 9.98. The van der Waals surface area contributed by atoms with Crippen molar-refractivity contribution >= 4 is 11.5 Å². The van der Waals surface area contributed by atoms with Gasteiger partial charge in [0.15, 0.2) is 11.6 Å². The van der Waals surface area contributed by atoms with Crippen molar-refractivity contribution in [1.29, 1.82) is 0 Å². The average Bonchev–Trinajstić information content (AvgIpc) is 2.75. The maximum atomic E-state index is 12.8. The molecule has 0 saturated carbocycles. The summed E-state index contributed by atoms with van der Waals surface area (Å²) >= 11 is 0. The van der Waals surface area contributed by atoms with E-state index in [-0.39, 0.29) is 5.78 Å². The second kappa shape index (κ2) is 7.22. The van der Waals surface area contributed by atoms with Crippen molar-refractivity contribution in [2.75, 3.05) is 5.73 Å². The van der Waals surface area contributed by atoms with E-state index < -0.39 is 0 Å². The summed E-state index contributed by atoms with van der Waals surface area (Å²) in [7, 11) is 0. The Hall–Kier alpha value is -3.79. The number of rotatable bonds is 4. The summed E-state index contributed by atoms with van der Waals surface area (Å²) in [6, 6.07) is 24.3. The van der Waals surface area contributed by atoms with Crippen molar-refractivity contribution in [2.24, 2.45) is 0 Å². The van der Waals surface area contributed by atoms with Gasteiger partial charge in [0.1, 0.15) is 0 Å². The van der Waals surface area contributed by atoms with Crippen LogP contribution in [0.1, 0.15) is 15.9 Å². The zero-order valence-electron chi connectivity index (χ0n) is 14.5. The summed E-state index contributed by atoms with van der Waals surface area (Å²) < 4.78 is 0. The molecular formula is C23H17N3O. The third kappa shape index (κ3) is 3.46. The molecule has 0 radical (unpaired) electrons. The number of nitrogens with two attached hydrogens (primary N) is 1. The molecule has 0 saturated heterocycles. The Morgan fingerprint density at radius 1 is 0.704 bits per heavy atom. The topological polar surface area (TPSA) is 68.9 Å². The van der Waals surface area contributed by atoms with E-state index in [1.54, 1.807) is 36.7 Å². The third-order valence-electron chi connectivity index (χ3n) is 4.35. The summed E-state index contributed by atoms with van der Waals surface area (Å²) in [5, 5.41) is 0. The molecule has 4 heteroatoms. The summed E-state index contributed by atoms with van der Waals surface area (Å²) in [4.78, 5) is 21.7. The lowest BCUT2D eigenvalue weighted by Gasteiger charge is -2.09. The maximum Gasteiger partial charge on any atom is 0.195 e. The highest BCUT2D eigenvalue weighted by atomic mass is 16.1. The standard InChI is InChI=1S/C23H17N3O/c24-21-12-11-18(13-20(21)22(27)16-7-3-1-4-8-16)19-14-25-23(26-15-19)17-9-5-2-6-10-17/h1-15H,24H2.